The number of carbonyl (C=O) groups is 1. The number of methoxy groups -OCH3 is 1. The van der Waals surface area contributed by atoms with Gasteiger partial charge in [0.25, 0.3) is 5.91 Å². The van der Waals surface area contributed by atoms with E-state index in [-0.39, 0.29) is 5.91 Å². The van der Waals surface area contributed by atoms with Gasteiger partial charge < -0.3 is 20.1 Å². The molecule has 0 atom stereocenters. The predicted molar refractivity (Wildman–Crippen MR) is 85.0 cm³/mol. The van der Waals surface area contributed by atoms with Crippen molar-refractivity contribution < 1.29 is 14.3 Å². The molecule has 0 aliphatic rings. The lowest BCUT2D eigenvalue weighted by atomic mass is 10.1. The summed E-state index contributed by atoms with van der Waals surface area (Å²) in [5, 5.41) is 6.16. The fourth-order valence-electron chi connectivity index (χ4n) is 1.84. The van der Waals surface area contributed by atoms with Gasteiger partial charge in [-0.25, -0.2) is 0 Å². The Labute approximate surface area is 127 Å². The summed E-state index contributed by atoms with van der Waals surface area (Å²) >= 11 is 0. The summed E-state index contributed by atoms with van der Waals surface area (Å²) in [6.45, 7) is 7.05. The highest BCUT2D eigenvalue weighted by Crippen LogP contribution is 2.17. The monoisotopic (exact) mass is 294 g/mol. The number of hydrogen-bond acceptors (Lipinski definition) is 4. The van der Waals surface area contributed by atoms with Crippen molar-refractivity contribution in [3.63, 3.8) is 0 Å². The molecule has 1 amide bonds. The molecule has 5 heteroatoms. The van der Waals surface area contributed by atoms with Gasteiger partial charge in [0.05, 0.1) is 25.4 Å². The minimum Gasteiger partial charge on any atom is -0.384 e. The topological polar surface area (TPSA) is 59.6 Å². The molecule has 21 heavy (non-hydrogen) atoms. The minimum atomic E-state index is -0.0797. The Kier molecular flexibility index (Phi) is 8.47. The quantitative estimate of drug-likeness (QED) is 0.650. The largest absolute Gasteiger partial charge is 0.384 e. The summed E-state index contributed by atoms with van der Waals surface area (Å²) in [4.78, 5) is 12.2. The van der Waals surface area contributed by atoms with Gasteiger partial charge in [-0.05, 0) is 31.0 Å². The summed E-state index contributed by atoms with van der Waals surface area (Å²) in [6, 6.07) is 5.80. The summed E-state index contributed by atoms with van der Waals surface area (Å²) < 4.78 is 10.2. The molecule has 0 heterocycles. The zero-order chi connectivity index (χ0) is 15.5. The molecule has 0 saturated heterocycles. The van der Waals surface area contributed by atoms with Crippen LogP contribution in [0.1, 0.15) is 29.3 Å². The molecule has 1 rings (SSSR count). The number of benzene rings is 1. The van der Waals surface area contributed by atoms with Crippen molar-refractivity contribution in [3.8, 4) is 0 Å². The Morgan fingerprint density at radius 1 is 1.19 bits per heavy atom. The van der Waals surface area contributed by atoms with Crippen LogP contribution in [0.2, 0.25) is 0 Å². The van der Waals surface area contributed by atoms with Crippen molar-refractivity contribution in [2.45, 2.75) is 20.3 Å². The van der Waals surface area contributed by atoms with Gasteiger partial charge in [0.2, 0.25) is 0 Å². The summed E-state index contributed by atoms with van der Waals surface area (Å²) in [6.07, 6.45) is 1.02. The van der Waals surface area contributed by atoms with E-state index in [9.17, 15) is 4.79 Å². The van der Waals surface area contributed by atoms with E-state index in [0.717, 1.165) is 24.2 Å². The van der Waals surface area contributed by atoms with E-state index in [2.05, 4.69) is 17.6 Å². The molecular formula is C16H26N2O3. The molecular weight excluding hydrogens is 268 g/mol. The third kappa shape index (κ3) is 6.60. The van der Waals surface area contributed by atoms with Crippen LogP contribution >= 0.6 is 0 Å². The number of hydrogen-bond donors (Lipinski definition) is 2. The molecule has 0 unspecified atom stereocenters. The smallest absolute Gasteiger partial charge is 0.253 e. The molecule has 2 N–H and O–H groups in total. The fourth-order valence-corrected chi connectivity index (χ4v) is 1.84. The van der Waals surface area contributed by atoms with Gasteiger partial charge in [0, 0.05) is 25.9 Å². The van der Waals surface area contributed by atoms with Crippen LogP contribution in [-0.2, 0) is 9.47 Å². The van der Waals surface area contributed by atoms with Gasteiger partial charge in [0.1, 0.15) is 0 Å². The van der Waals surface area contributed by atoms with Crippen LogP contribution in [0.3, 0.4) is 0 Å². The first kappa shape index (κ1) is 17.5. The molecule has 1 aromatic rings. The van der Waals surface area contributed by atoms with Crippen LogP contribution in [0.5, 0.6) is 0 Å². The molecule has 0 aliphatic carbocycles. The average molecular weight is 294 g/mol. The van der Waals surface area contributed by atoms with Crippen molar-refractivity contribution in [3.05, 3.63) is 29.3 Å². The fraction of sp³-hybridized carbons (Fsp3) is 0.562. The van der Waals surface area contributed by atoms with E-state index < -0.39 is 0 Å². The van der Waals surface area contributed by atoms with Crippen LogP contribution in [0.15, 0.2) is 18.2 Å². The Morgan fingerprint density at radius 2 is 2.00 bits per heavy atom. The summed E-state index contributed by atoms with van der Waals surface area (Å²) in [5.41, 5.74) is 2.69. The lowest BCUT2D eigenvalue weighted by Gasteiger charge is -2.13. The molecule has 118 valence electrons. The minimum absolute atomic E-state index is 0.0797. The first-order chi connectivity index (χ1) is 10.2. The van der Waals surface area contributed by atoms with E-state index in [1.165, 1.54) is 0 Å². The molecule has 0 fully saturated rings. The first-order valence-electron chi connectivity index (χ1n) is 7.38. The number of ether oxygens (including phenoxy) is 2. The van der Waals surface area contributed by atoms with E-state index in [1.807, 2.05) is 25.1 Å². The predicted octanol–water partition coefficient (Wildman–Crippen LogP) is 2.21. The van der Waals surface area contributed by atoms with Gasteiger partial charge >= 0.3 is 0 Å². The molecule has 1 aromatic carbocycles. The maximum absolute atomic E-state index is 12.2. The van der Waals surface area contributed by atoms with E-state index >= 15 is 0 Å². The van der Waals surface area contributed by atoms with Crippen LogP contribution in [0.4, 0.5) is 5.69 Å². The van der Waals surface area contributed by atoms with E-state index in [1.54, 1.807) is 7.11 Å². The van der Waals surface area contributed by atoms with Gasteiger partial charge in [-0.1, -0.05) is 13.0 Å². The zero-order valence-electron chi connectivity index (χ0n) is 13.2. The number of nitrogens with one attached hydrogen (secondary N) is 2. The molecule has 0 spiro atoms. The zero-order valence-corrected chi connectivity index (χ0v) is 13.2. The normalized spacial score (nSPS) is 10.4. The Bertz CT molecular complexity index is 436. The van der Waals surface area contributed by atoms with Crippen LogP contribution in [0, 0.1) is 6.92 Å². The first-order valence-corrected chi connectivity index (χ1v) is 7.38. The summed E-state index contributed by atoms with van der Waals surface area (Å²) in [7, 11) is 1.63. The van der Waals surface area contributed by atoms with Crippen molar-refractivity contribution in [1.82, 2.24) is 5.32 Å². The SMILES string of the molecule is CCCNc1cc(C)ccc1C(=O)NCCOCCOC. The molecule has 0 aromatic heterocycles. The van der Waals surface area contributed by atoms with Crippen molar-refractivity contribution >= 4 is 11.6 Å². The second-order valence-electron chi connectivity index (χ2n) is 4.84. The van der Waals surface area contributed by atoms with Gasteiger partial charge in [-0.3, -0.25) is 4.79 Å². The maximum Gasteiger partial charge on any atom is 0.253 e. The summed E-state index contributed by atoms with van der Waals surface area (Å²) in [5.74, 6) is -0.0797. The van der Waals surface area contributed by atoms with Crippen LogP contribution in [0.25, 0.3) is 0 Å². The van der Waals surface area contributed by atoms with E-state index in [0.29, 0.717) is 31.9 Å². The standard InChI is InChI=1S/C16H26N2O3/c1-4-7-17-15-12-13(2)5-6-14(15)16(19)18-8-9-21-11-10-20-3/h5-6,12,17H,4,7-11H2,1-3H3,(H,18,19). The number of aryl methyl sites for hydroxylation is 1. The molecule has 5 nitrogen and oxygen atoms in total. The molecule has 0 aliphatic heterocycles. The van der Waals surface area contributed by atoms with Crippen molar-refractivity contribution in [1.29, 1.82) is 0 Å². The highest BCUT2D eigenvalue weighted by Gasteiger charge is 2.10. The molecule has 0 bridgehead atoms. The maximum atomic E-state index is 12.2. The second-order valence-corrected chi connectivity index (χ2v) is 4.84. The van der Waals surface area contributed by atoms with Crippen molar-refractivity contribution in [2.75, 3.05) is 45.3 Å². The number of rotatable bonds is 10. The lowest BCUT2D eigenvalue weighted by Crippen LogP contribution is -2.28. The molecule has 0 radical (unpaired) electrons. The van der Waals surface area contributed by atoms with Gasteiger partial charge in [0.15, 0.2) is 0 Å². The third-order valence-corrected chi connectivity index (χ3v) is 2.95. The lowest BCUT2D eigenvalue weighted by molar-refractivity contribution is 0.0693. The number of anilines is 1. The van der Waals surface area contributed by atoms with Gasteiger partial charge in [-0.15, -0.1) is 0 Å². The van der Waals surface area contributed by atoms with Gasteiger partial charge in [-0.2, -0.15) is 0 Å². The highest BCUT2D eigenvalue weighted by atomic mass is 16.5. The third-order valence-electron chi connectivity index (χ3n) is 2.95. The Morgan fingerprint density at radius 3 is 2.71 bits per heavy atom. The number of amides is 1. The van der Waals surface area contributed by atoms with E-state index in [4.69, 9.17) is 9.47 Å². The van der Waals surface area contributed by atoms with Crippen molar-refractivity contribution in [2.24, 2.45) is 0 Å². The average Bonchev–Trinajstić information content (AvgIpc) is 2.48. The van der Waals surface area contributed by atoms with Crippen LogP contribution < -0.4 is 10.6 Å². The second kappa shape index (κ2) is 10.2. The number of carbonyl (C=O) groups excluding carboxylic acids is 1. The highest BCUT2D eigenvalue weighted by molar-refractivity contribution is 5.99. The van der Waals surface area contributed by atoms with Crippen LogP contribution in [-0.4, -0.2) is 45.9 Å². The molecule has 0 saturated carbocycles. The Hall–Kier alpha value is -1.59. The Balaban J connectivity index is 2.48.